The second-order valence-electron chi connectivity index (χ2n) is 6.96. The lowest BCUT2D eigenvalue weighted by Gasteiger charge is -2.32. The molecule has 1 saturated carbocycles. The molecule has 3 aliphatic heterocycles. The van der Waals surface area contributed by atoms with Gasteiger partial charge in [-0.15, -0.1) is 11.8 Å². The van der Waals surface area contributed by atoms with Crippen LogP contribution in [0.15, 0.2) is 0 Å². The van der Waals surface area contributed by atoms with Crippen molar-refractivity contribution in [2.24, 2.45) is 11.8 Å². The van der Waals surface area contributed by atoms with Crippen LogP contribution in [-0.4, -0.2) is 51.4 Å². The van der Waals surface area contributed by atoms with Gasteiger partial charge in [-0.3, -0.25) is 9.59 Å². The second-order valence-corrected chi connectivity index (χ2v) is 8.46. The number of amides is 2. The van der Waals surface area contributed by atoms with Crippen molar-refractivity contribution in [2.75, 3.05) is 18.8 Å². The Morgan fingerprint density at radius 2 is 2.00 bits per heavy atom. The average molecular weight is 294 g/mol. The van der Waals surface area contributed by atoms with Crippen molar-refractivity contribution in [3.8, 4) is 0 Å². The number of likely N-dealkylation sites (tertiary alicyclic amines) is 1. The quantitative estimate of drug-likeness (QED) is 0.739. The fourth-order valence-corrected chi connectivity index (χ4v) is 6.05. The summed E-state index contributed by atoms with van der Waals surface area (Å²) in [6.45, 7) is 3.99. The summed E-state index contributed by atoms with van der Waals surface area (Å²) in [5, 5.41) is 0. The number of carbonyl (C=O) groups is 2. The number of hydrogen-bond donors (Lipinski definition) is 0. The van der Waals surface area contributed by atoms with Gasteiger partial charge >= 0.3 is 0 Å². The largest absolute Gasteiger partial charge is 0.340 e. The molecule has 2 amide bonds. The highest BCUT2D eigenvalue weighted by atomic mass is 32.2. The predicted molar refractivity (Wildman–Crippen MR) is 78.1 cm³/mol. The van der Waals surface area contributed by atoms with Crippen LogP contribution in [0, 0.1) is 11.8 Å². The van der Waals surface area contributed by atoms with E-state index in [0.717, 1.165) is 37.1 Å². The fraction of sp³-hybridized carbons (Fsp3) is 0.867. The number of fused-ring (bicyclic) bond motifs is 2. The Hall–Kier alpha value is -0.710. The monoisotopic (exact) mass is 294 g/mol. The molecule has 3 saturated heterocycles. The molecule has 4 atom stereocenters. The summed E-state index contributed by atoms with van der Waals surface area (Å²) in [6.07, 6.45) is 5.41. The maximum absolute atomic E-state index is 12.8. The molecule has 0 unspecified atom stereocenters. The maximum atomic E-state index is 12.8. The first kappa shape index (κ1) is 13.0. The molecule has 5 heteroatoms. The first-order valence-electron chi connectivity index (χ1n) is 7.83. The SMILES string of the molecule is C[C@]12CCC(=O)N1[C@H](C(=O)N1C[C@H]3CCC[C@H]3C1)CS2. The first-order chi connectivity index (χ1) is 9.58. The van der Waals surface area contributed by atoms with E-state index in [2.05, 4.69) is 11.8 Å². The molecule has 110 valence electrons. The minimum Gasteiger partial charge on any atom is -0.340 e. The number of nitrogens with zero attached hydrogens (tertiary/aromatic N) is 2. The smallest absolute Gasteiger partial charge is 0.246 e. The Kier molecular flexibility index (Phi) is 2.85. The van der Waals surface area contributed by atoms with E-state index in [0.29, 0.717) is 6.42 Å². The van der Waals surface area contributed by atoms with Crippen LogP contribution >= 0.6 is 11.8 Å². The molecule has 0 aromatic heterocycles. The highest BCUT2D eigenvalue weighted by Gasteiger charge is 2.54. The van der Waals surface area contributed by atoms with E-state index in [1.165, 1.54) is 19.3 Å². The molecule has 1 aliphatic carbocycles. The minimum atomic E-state index is -0.196. The molecular formula is C15H22N2O2S. The van der Waals surface area contributed by atoms with Crippen molar-refractivity contribution >= 4 is 23.6 Å². The molecule has 3 heterocycles. The van der Waals surface area contributed by atoms with E-state index in [4.69, 9.17) is 0 Å². The van der Waals surface area contributed by atoms with Gasteiger partial charge in [0, 0.05) is 25.3 Å². The van der Waals surface area contributed by atoms with Crippen LogP contribution in [0.3, 0.4) is 0 Å². The lowest BCUT2D eigenvalue weighted by Crippen LogP contribution is -2.51. The number of hydrogen-bond acceptors (Lipinski definition) is 3. The van der Waals surface area contributed by atoms with Gasteiger partial charge in [0.2, 0.25) is 11.8 Å². The third kappa shape index (κ3) is 1.74. The van der Waals surface area contributed by atoms with Gasteiger partial charge < -0.3 is 9.80 Å². The Balaban J connectivity index is 1.51. The van der Waals surface area contributed by atoms with Crippen LogP contribution in [0.25, 0.3) is 0 Å². The van der Waals surface area contributed by atoms with Gasteiger partial charge in [-0.2, -0.15) is 0 Å². The van der Waals surface area contributed by atoms with Crippen molar-refractivity contribution in [2.45, 2.75) is 49.9 Å². The van der Waals surface area contributed by atoms with Crippen LogP contribution in [0.4, 0.5) is 0 Å². The summed E-state index contributed by atoms with van der Waals surface area (Å²) < 4.78 is 0. The maximum Gasteiger partial charge on any atom is 0.246 e. The van der Waals surface area contributed by atoms with Crippen molar-refractivity contribution in [3.05, 3.63) is 0 Å². The molecule has 0 N–H and O–H groups in total. The highest BCUT2D eigenvalue weighted by Crippen LogP contribution is 2.48. The van der Waals surface area contributed by atoms with Gasteiger partial charge in [-0.25, -0.2) is 0 Å². The molecule has 4 rings (SSSR count). The second kappa shape index (κ2) is 4.39. The summed E-state index contributed by atoms with van der Waals surface area (Å²) in [4.78, 5) is 28.8. The molecule has 20 heavy (non-hydrogen) atoms. The zero-order chi connectivity index (χ0) is 13.9. The van der Waals surface area contributed by atoms with Crippen molar-refractivity contribution in [1.82, 2.24) is 9.80 Å². The summed E-state index contributed by atoms with van der Waals surface area (Å²) in [5.41, 5.74) is 0. The Bertz CT molecular complexity index is 457. The van der Waals surface area contributed by atoms with E-state index in [1.54, 1.807) is 11.8 Å². The summed E-state index contributed by atoms with van der Waals surface area (Å²) in [6, 6.07) is -0.196. The van der Waals surface area contributed by atoms with Gasteiger partial charge in [-0.05, 0) is 38.0 Å². The van der Waals surface area contributed by atoms with Crippen molar-refractivity contribution < 1.29 is 9.59 Å². The molecule has 0 spiro atoms. The van der Waals surface area contributed by atoms with E-state index in [1.807, 2.05) is 4.90 Å². The lowest BCUT2D eigenvalue weighted by atomic mass is 10.0. The Morgan fingerprint density at radius 3 is 2.70 bits per heavy atom. The number of carbonyl (C=O) groups excluding carboxylic acids is 2. The van der Waals surface area contributed by atoms with Crippen LogP contribution in [0.5, 0.6) is 0 Å². The first-order valence-corrected chi connectivity index (χ1v) is 8.82. The summed E-state index contributed by atoms with van der Waals surface area (Å²) in [5.74, 6) is 2.64. The minimum absolute atomic E-state index is 0.118. The van der Waals surface area contributed by atoms with Crippen LogP contribution in [0.2, 0.25) is 0 Å². The van der Waals surface area contributed by atoms with Crippen LogP contribution in [0.1, 0.15) is 39.0 Å². The van der Waals surface area contributed by atoms with E-state index >= 15 is 0 Å². The Morgan fingerprint density at radius 1 is 1.30 bits per heavy atom. The zero-order valence-electron chi connectivity index (χ0n) is 12.0. The normalized spacial score (nSPS) is 43.2. The third-order valence-corrected chi connectivity index (χ3v) is 7.27. The van der Waals surface area contributed by atoms with Crippen molar-refractivity contribution in [1.29, 1.82) is 0 Å². The van der Waals surface area contributed by atoms with E-state index < -0.39 is 0 Å². The van der Waals surface area contributed by atoms with E-state index in [-0.39, 0.29) is 22.7 Å². The fourth-order valence-electron chi connectivity index (χ4n) is 4.63. The van der Waals surface area contributed by atoms with Crippen LogP contribution in [-0.2, 0) is 9.59 Å². The molecule has 4 aliphatic rings. The van der Waals surface area contributed by atoms with E-state index in [9.17, 15) is 9.59 Å². The topological polar surface area (TPSA) is 40.6 Å². The van der Waals surface area contributed by atoms with Gasteiger partial charge in [0.05, 0.1) is 4.87 Å². The molecular weight excluding hydrogens is 272 g/mol. The molecule has 0 aromatic carbocycles. The molecule has 4 fully saturated rings. The average Bonchev–Trinajstić information content (AvgIpc) is 3.10. The lowest BCUT2D eigenvalue weighted by molar-refractivity contribution is -0.143. The van der Waals surface area contributed by atoms with Gasteiger partial charge in [0.15, 0.2) is 0 Å². The van der Waals surface area contributed by atoms with Crippen molar-refractivity contribution in [3.63, 3.8) is 0 Å². The van der Waals surface area contributed by atoms with Crippen LogP contribution < -0.4 is 0 Å². The van der Waals surface area contributed by atoms with Gasteiger partial charge in [-0.1, -0.05) is 6.42 Å². The summed E-state index contributed by atoms with van der Waals surface area (Å²) >= 11 is 1.79. The molecule has 0 bridgehead atoms. The zero-order valence-corrected chi connectivity index (χ0v) is 12.8. The third-order valence-electron chi connectivity index (χ3n) is 5.77. The standard InChI is InChI=1S/C15H22N2O2S/c1-15-6-5-13(18)17(15)12(9-20-15)14(19)16-7-10-3-2-4-11(10)8-16/h10-12H,2-9H2,1H3/t10-,11+,12-,15-/m0/s1. The molecule has 0 radical (unpaired) electrons. The summed E-state index contributed by atoms with van der Waals surface area (Å²) in [7, 11) is 0. The Labute approximate surface area is 124 Å². The highest BCUT2D eigenvalue weighted by molar-refractivity contribution is 8.01. The number of thioether (sulfide) groups is 1. The molecule has 4 nitrogen and oxygen atoms in total. The van der Waals surface area contributed by atoms with Gasteiger partial charge in [0.25, 0.3) is 0 Å². The number of rotatable bonds is 1. The van der Waals surface area contributed by atoms with Gasteiger partial charge in [0.1, 0.15) is 6.04 Å². The molecule has 0 aromatic rings. The predicted octanol–water partition coefficient (Wildman–Crippen LogP) is 1.70.